The van der Waals surface area contributed by atoms with Gasteiger partial charge < -0.3 is 19.4 Å². The van der Waals surface area contributed by atoms with Crippen LogP contribution < -0.4 is 5.32 Å². The summed E-state index contributed by atoms with van der Waals surface area (Å²) in [5.41, 5.74) is 1.03. The third-order valence-corrected chi connectivity index (χ3v) is 3.48. The Morgan fingerprint density at radius 1 is 1.60 bits per heavy atom. The number of nitrogens with one attached hydrogen (secondary N) is 1. The van der Waals surface area contributed by atoms with Crippen molar-refractivity contribution in [3.05, 3.63) is 17.7 Å². The topological polar surface area (TPSA) is 65.4 Å². The average molecular weight is 281 g/mol. The quantitative estimate of drug-likeness (QED) is 0.779. The molecule has 0 saturated heterocycles. The Labute approximate surface area is 119 Å². The van der Waals surface area contributed by atoms with Crippen LogP contribution in [-0.4, -0.2) is 47.9 Å². The van der Waals surface area contributed by atoms with E-state index in [9.17, 15) is 4.79 Å². The predicted molar refractivity (Wildman–Crippen MR) is 74.5 cm³/mol. The molecule has 1 aliphatic heterocycles. The molecule has 6 nitrogen and oxygen atoms in total. The molecule has 0 saturated carbocycles. The van der Waals surface area contributed by atoms with Crippen molar-refractivity contribution in [1.82, 2.24) is 14.9 Å². The molecule has 112 valence electrons. The Morgan fingerprint density at radius 2 is 2.40 bits per heavy atom. The fourth-order valence-corrected chi connectivity index (χ4v) is 2.41. The highest BCUT2D eigenvalue weighted by Gasteiger charge is 2.23. The molecular formula is C14H23N3O3. The maximum absolute atomic E-state index is 12.0. The molecule has 0 bridgehead atoms. The Morgan fingerprint density at radius 3 is 3.15 bits per heavy atom. The first kappa shape index (κ1) is 15.0. The number of imidazole rings is 1. The zero-order chi connectivity index (χ0) is 14.5. The maximum atomic E-state index is 12.0. The standard InChI is InChI=1S/C14H23N3O3/c1-10-8-17-9-12(4-5-13(17)15-10)16-14(18)11(2)20-7-6-19-3/h8,11-12H,4-7,9H2,1-3H3,(H,16,18)/t11-,12-/m0/s1. The van der Waals surface area contributed by atoms with E-state index in [1.165, 1.54) is 0 Å². The summed E-state index contributed by atoms with van der Waals surface area (Å²) in [6, 6.07) is 0.150. The van der Waals surface area contributed by atoms with Gasteiger partial charge in [0.1, 0.15) is 11.9 Å². The first-order chi connectivity index (χ1) is 9.60. The van der Waals surface area contributed by atoms with Gasteiger partial charge in [-0.25, -0.2) is 4.98 Å². The summed E-state index contributed by atoms with van der Waals surface area (Å²) in [5.74, 6) is 1.05. The smallest absolute Gasteiger partial charge is 0.249 e. The van der Waals surface area contributed by atoms with Gasteiger partial charge in [0.2, 0.25) is 5.91 Å². The van der Waals surface area contributed by atoms with Gasteiger partial charge >= 0.3 is 0 Å². The molecule has 1 aliphatic rings. The molecule has 6 heteroatoms. The number of fused-ring (bicyclic) bond motifs is 1. The molecule has 1 aromatic heterocycles. The minimum atomic E-state index is -0.448. The van der Waals surface area contributed by atoms with Crippen LogP contribution in [0.3, 0.4) is 0 Å². The van der Waals surface area contributed by atoms with Gasteiger partial charge in [0.05, 0.1) is 18.9 Å². The number of carbonyl (C=O) groups is 1. The van der Waals surface area contributed by atoms with Crippen LogP contribution in [0.4, 0.5) is 0 Å². The summed E-state index contributed by atoms with van der Waals surface area (Å²) < 4.78 is 12.4. The molecular weight excluding hydrogens is 258 g/mol. The number of hydrogen-bond acceptors (Lipinski definition) is 4. The van der Waals surface area contributed by atoms with E-state index >= 15 is 0 Å². The van der Waals surface area contributed by atoms with E-state index in [4.69, 9.17) is 9.47 Å². The van der Waals surface area contributed by atoms with Gasteiger partial charge in [-0.2, -0.15) is 0 Å². The van der Waals surface area contributed by atoms with Crippen LogP contribution in [0, 0.1) is 6.92 Å². The molecule has 0 spiro atoms. The summed E-state index contributed by atoms with van der Waals surface area (Å²) >= 11 is 0. The average Bonchev–Trinajstić information content (AvgIpc) is 2.78. The summed E-state index contributed by atoms with van der Waals surface area (Å²) in [6.45, 7) is 5.47. The van der Waals surface area contributed by atoms with Crippen LogP contribution in [0.25, 0.3) is 0 Å². The second kappa shape index (κ2) is 6.85. The van der Waals surface area contributed by atoms with E-state index in [1.807, 2.05) is 13.1 Å². The van der Waals surface area contributed by atoms with E-state index in [1.54, 1.807) is 14.0 Å². The SMILES string of the molecule is COCCO[C@@H](C)C(=O)N[C@H]1CCc2nc(C)cn2C1. The number of rotatable bonds is 6. The lowest BCUT2D eigenvalue weighted by atomic mass is 10.1. The molecule has 2 rings (SSSR count). The van der Waals surface area contributed by atoms with Gasteiger partial charge in [-0.1, -0.05) is 0 Å². The van der Waals surface area contributed by atoms with Gasteiger partial charge in [-0.15, -0.1) is 0 Å². The number of aryl methyl sites for hydroxylation is 2. The van der Waals surface area contributed by atoms with Crippen molar-refractivity contribution in [3.8, 4) is 0 Å². The summed E-state index contributed by atoms with van der Waals surface area (Å²) in [7, 11) is 1.61. The highest BCUT2D eigenvalue weighted by molar-refractivity contribution is 5.80. The number of amides is 1. The third kappa shape index (κ3) is 3.80. The molecule has 0 fully saturated rings. The van der Waals surface area contributed by atoms with Gasteiger partial charge in [0, 0.05) is 32.3 Å². The second-order valence-electron chi connectivity index (χ2n) is 5.20. The molecule has 2 heterocycles. The molecule has 0 aliphatic carbocycles. The van der Waals surface area contributed by atoms with Crippen molar-refractivity contribution in [3.63, 3.8) is 0 Å². The first-order valence-electron chi connectivity index (χ1n) is 7.03. The number of hydrogen-bond donors (Lipinski definition) is 1. The van der Waals surface area contributed by atoms with Gasteiger partial charge in [-0.3, -0.25) is 4.79 Å². The van der Waals surface area contributed by atoms with Crippen molar-refractivity contribution < 1.29 is 14.3 Å². The second-order valence-corrected chi connectivity index (χ2v) is 5.20. The Bertz CT molecular complexity index is 459. The lowest BCUT2D eigenvalue weighted by Crippen LogP contribution is -2.45. The molecule has 2 atom stereocenters. The van der Waals surface area contributed by atoms with E-state index < -0.39 is 6.10 Å². The van der Waals surface area contributed by atoms with Crippen molar-refractivity contribution in [2.75, 3.05) is 20.3 Å². The largest absolute Gasteiger partial charge is 0.382 e. The maximum Gasteiger partial charge on any atom is 0.249 e. The van der Waals surface area contributed by atoms with Crippen LogP contribution >= 0.6 is 0 Å². The summed E-state index contributed by atoms with van der Waals surface area (Å²) in [4.78, 5) is 16.5. The van der Waals surface area contributed by atoms with Gasteiger partial charge in [0.15, 0.2) is 0 Å². The van der Waals surface area contributed by atoms with Crippen LogP contribution in [0.5, 0.6) is 0 Å². The van der Waals surface area contributed by atoms with E-state index in [0.29, 0.717) is 13.2 Å². The van der Waals surface area contributed by atoms with E-state index in [-0.39, 0.29) is 11.9 Å². The molecule has 20 heavy (non-hydrogen) atoms. The van der Waals surface area contributed by atoms with Crippen molar-refractivity contribution in [2.24, 2.45) is 0 Å². The number of aromatic nitrogens is 2. The normalized spacial score (nSPS) is 19.4. The van der Waals surface area contributed by atoms with Crippen molar-refractivity contribution in [1.29, 1.82) is 0 Å². The Kier molecular flexibility index (Phi) is 5.14. The minimum Gasteiger partial charge on any atom is -0.382 e. The first-order valence-corrected chi connectivity index (χ1v) is 7.03. The van der Waals surface area contributed by atoms with Crippen LogP contribution in [0.1, 0.15) is 24.9 Å². The van der Waals surface area contributed by atoms with Crippen LogP contribution in [0.2, 0.25) is 0 Å². The highest BCUT2D eigenvalue weighted by Crippen LogP contribution is 2.15. The predicted octanol–water partition coefficient (Wildman–Crippen LogP) is 0.674. The van der Waals surface area contributed by atoms with Crippen LogP contribution in [-0.2, 0) is 27.2 Å². The fraction of sp³-hybridized carbons (Fsp3) is 0.714. The number of carbonyl (C=O) groups excluding carboxylic acids is 1. The molecule has 0 radical (unpaired) electrons. The number of ether oxygens (including phenoxy) is 2. The molecule has 1 N–H and O–H groups in total. The molecule has 0 unspecified atom stereocenters. The third-order valence-electron chi connectivity index (χ3n) is 3.48. The monoisotopic (exact) mass is 281 g/mol. The lowest BCUT2D eigenvalue weighted by molar-refractivity contribution is -0.133. The number of nitrogens with zero attached hydrogens (tertiary/aromatic N) is 2. The molecule has 1 aromatic rings. The van der Waals surface area contributed by atoms with E-state index in [2.05, 4.69) is 14.9 Å². The van der Waals surface area contributed by atoms with E-state index in [0.717, 1.165) is 30.9 Å². The van der Waals surface area contributed by atoms with Crippen LogP contribution in [0.15, 0.2) is 6.20 Å². The number of methoxy groups -OCH3 is 1. The van der Waals surface area contributed by atoms with Crippen molar-refractivity contribution >= 4 is 5.91 Å². The lowest BCUT2D eigenvalue weighted by Gasteiger charge is -2.26. The minimum absolute atomic E-state index is 0.0635. The molecule has 0 aromatic carbocycles. The van der Waals surface area contributed by atoms with Gasteiger partial charge in [-0.05, 0) is 20.3 Å². The fourth-order valence-electron chi connectivity index (χ4n) is 2.41. The summed E-state index contributed by atoms with van der Waals surface area (Å²) in [5, 5.41) is 3.04. The highest BCUT2D eigenvalue weighted by atomic mass is 16.5. The van der Waals surface area contributed by atoms with Gasteiger partial charge in [0.25, 0.3) is 0 Å². The zero-order valence-electron chi connectivity index (χ0n) is 12.4. The Hall–Kier alpha value is -1.40. The Balaban J connectivity index is 1.81. The molecule has 1 amide bonds. The summed E-state index contributed by atoms with van der Waals surface area (Å²) in [6.07, 6.45) is 3.41. The van der Waals surface area contributed by atoms with Crippen molar-refractivity contribution in [2.45, 2.75) is 45.4 Å². The zero-order valence-corrected chi connectivity index (χ0v) is 12.4.